The second kappa shape index (κ2) is 6.75. The van der Waals surface area contributed by atoms with E-state index in [2.05, 4.69) is 21.2 Å². The number of halogens is 1. The smallest absolute Gasteiger partial charge is 0.234 e. The van der Waals surface area contributed by atoms with Crippen LogP contribution in [0, 0.1) is 0 Å². The number of nitrogens with zero attached hydrogens (tertiary/aromatic N) is 1. The molecule has 0 atom stereocenters. The van der Waals surface area contributed by atoms with Crippen molar-refractivity contribution >= 4 is 27.5 Å². The molecule has 0 unspecified atom stereocenters. The van der Waals surface area contributed by atoms with Gasteiger partial charge in [0.25, 0.3) is 0 Å². The van der Waals surface area contributed by atoms with Gasteiger partial charge in [0.15, 0.2) is 0 Å². The Morgan fingerprint density at radius 1 is 1.44 bits per heavy atom. The number of hydrogen-bond donors (Lipinski definition) is 2. The highest BCUT2D eigenvalue weighted by Gasteiger charge is 2.08. The van der Waals surface area contributed by atoms with E-state index >= 15 is 0 Å². The lowest BCUT2D eigenvalue weighted by Gasteiger charge is -2.18. The molecule has 0 aromatic heterocycles. The predicted molar refractivity (Wildman–Crippen MR) is 78.2 cm³/mol. The molecule has 0 bridgehead atoms. The zero-order valence-corrected chi connectivity index (χ0v) is 12.6. The summed E-state index contributed by atoms with van der Waals surface area (Å²) in [6.45, 7) is 4.97. The van der Waals surface area contributed by atoms with Gasteiger partial charge < -0.3 is 11.1 Å². The van der Waals surface area contributed by atoms with Crippen molar-refractivity contribution in [1.29, 1.82) is 0 Å². The third-order valence-corrected chi connectivity index (χ3v) is 2.75. The molecular weight excluding hydrogens is 294 g/mol. The molecule has 1 aromatic rings. The number of carbonyl (C=O) groups excluding carboxylic acids is 1. The maximum atomic E-state index is 11.6. The number of nitrogens with two attached hydrogens (primary N) is 1. The monoisotopic (exact) mass is 313 g/mol. The minimum absolute atomic E-state index is 0.0375. The van der Waals surface area contributed by atoms with Crippen LogP contribution in [0.3, 0.4) is 0 Å². The van der Waals surface area contributed by atoms with Crippen LogP contribution in [-0.2, 0) is 11.3 Å². The van der Waals surface area contributed by atoms with Crippen molar-refractivity contribution in [2.24, 2.45) is 0 Å². The number of likely N-dealkylation sites (N-methyl/N-ethyl adjacent to an activating group) is 1. The summed E-state index contributed by atoms with van der Waals surface area (Å²) >= 11 is 3.41. The van der Waals surface area contributed by atoms with E-state index in [1.165, 1.54) is 0 Å². The Kier molecular flexibility index (Phi) is 5.62. The Morgan fingerprint density at radius 3 is 2.67 bits per heavy atom. The summed E-state index contributed by atoms with van der Waals surface area (Å²) in [5.74, 6) is 0.0375. The number of rotatable bonds is 5. The number of hydrogen-bond acceptors (Lipinski definition) is 3. The molecular formula is C13H20BrN3O. The third-order valence-electron chi connectivity index (χ3n) is 2.30. The summed E-state index contributed by atoms with van der Waals surface area (Å²) < 4.78 is 0.956. The van der Waals surface area contributed by atoms with Crippen molar-refractivity contribution in [3.05, 3.63) is 28.2 Å². The minimum atomic E-state index is 0.0375. The van der Waals surface area contributed by atoms with Gasteiger partial charge in [-0.25, -0.2) is 0 Å². The Morgan fingerprint density at radius 2 is 2.11 bits per heavy atom. The van der Waals surface area contributed by atoms with Crippen LogP contribution in [0.1, 0.15) is 19.4 Å². The number of nitrogens with one attached hydrogen (secondary N) is 1. The van der Waals surface area contributed by atoms with Gasteiger partial charge >= 0.3 is 0 Å². The summed E-state index contributed by atoms with van der Waals surface area (Å²) in [4.78, 5) is 13.6. The van der Waals surface area contributed by atoms with Crippen LogP contribution in [0.4, 0.5) is 5.69 Å². The molecule has 18 heavy (non-hydrogen) atoms. The fourth-order valence-corrected chi connectivity index (χ4v) is 2.31. The average molecular weight is 314 g/mol. The molecule has 0 saturated carbocycles. The lowest BCUT2D eigenvalue weighted by molar-refractivity contribution is -0.122. The highest BCUT2D eigenvalue weighted by Crippen LogP contribution is 2.18. The van der Waals surface area contributed by atoms with E-state index in [0.29, 0.717) is 13.1 Å². The van der Waals surface area contributed by atoms with Crippen LogP contribution < -0.4 is 11.1 Å². The van der Waals surface area contributed by atoms with Crippen LogP contribution in [0.5, 0.6) is 0 Å². The van der Waals surface area contributed by atoms with Crippen molar-refractivity contribution in [2.75, 3.05) is 19.3 Å². The van der Waals surface area contributed by atoms with E-state index in [-0.39, 0.29) is 11.9 Å². The summed E-state index contributed by atoms with van der Waals surface area (Å²) in [5, 5.41) is 2.87. The molecule has 0 aliphatic carbocycles. The largest absolute Gasteiger partial charge is 0.399 e. The summed E-state index contributed by atoms with van der Waals surface area (Å²) in [7, 11) is 1.91. The van der Waals surface area contributed by atoms with E-state index in [9.17, 15) is 4.79 Å². The Bertz CT molecular complexity index is 400. The highest BCUT2D eigenvalue weighted by atomic mass is 79.9. The molecule has 1 aromatic carbocycles. The van der Waals surface area contributed by atoms with E-state index in [0.717, 1.165) is 15.7 Å². The molecule has 0 aliphatic heterocycles. The normalized spacial score (nSPS) is 11.0. The van der Waals surface area contributed by atoms with Crippen molar-refractivity contribution in [3.8, 4) is 0 Å². The highest BCUT2D eigenvalue weighted by molar-refractivity contribution is 9.10. The zero-order valence-electron chi connectivity index (χ0n) is 11.0. The van der Waals surface area contributed by atoms with Gasteiger partial charge in [0.05, 0.1) is 6.54 Å². The Balaban J connectivity index is 2.53. The summed E-state index contributed by atoms with van der Waals surface area (Å²) in [5.41, 5.74) is 7.58. The molecule has 4 nitrogen and oxygen atoms in total. The fraction of sp³-hybridized carbons (Fsp3) is 0.462. The lowest BCUT2D eigenvalue weighted by Crippen LogP contribution is -2.38. The van der Waals surface area contributed by atoms with E-state index in [1.807, 2.05) is 44.0 Å². The average Bonchev–Trinajstić information content (AvgIpc) is 2.12. The SMILES string of the molecule is CC(C)NC(=O)CN(C)Cc1cc(N)cc(Br)c1. The molecule has 0 saturated heterocycles. The van der Waals surface area contributed by atoms with Crippen LogP contribution in [0.25, 0.3) is 0 Å². The van der Waals surface area contributed by atoms with Gasteiger partial charge in [-0.3, -0.25) is 9.69 Å². The van der Waals surface area contributed by atoms with Crippen LogP contribution in [0.2, 0.25) is 0 Å². The molecule has 0 spiro atoms. The van der Waals surface area contributed by atoms with Gasteiger partial charge in [-0.15, -0.1) is 0 Å². The van der Waals surface area contributed by atoms with Gasteiger partial charge in [0.2, 0.25) is 5.91 Å². The van der Waals surface area contributed by atoms with Gasteiger partial charge in [0, 0.05) is 22.7 Å². The number of nitrogen functional groups attached to an aromatic ring is 1. The third kappa shape index (κ3) is 5.51. The number of benzene rings is 1. The Labute approximate surface area is 117 Å². The van der Waals surface area contributed by atoms with Gasteiger partial charge in [-0.05, 0) is 44.7 Å². The molecule has 0 fully saturated rings. The molecule has 0 radical (unpaired) electrons. The van der Waals surface area contributed by atoms with Crippen molar-refractivity contribution in [2.45, 2.75) is 26.4 Å². The first-order valence-corrected chi connectivity index (χ1v) is 6.69. The molecule has 0 heterocycles. The molecule has 3 N–H and O–H groups in total. The number of amides is 1. The zero-order chi connectivity index (χ0) is 13.7. The van der Waals surface area contributed by atoms with E-state index < -0.39 is 0 Å². The molecule has 1 rings (SSSR count). The first-order valence-electron chi connectivity index (χ1n) is 5.89. The Hall–Kier alpha value is -1.07. The maximum Gasteiger partial charge on any atom is 0.234 e. The van der Waals surface area contributed by atoms with Gasteiger partial charge in [0.1, 0.15) is 0 Å². The second-order valence-corrected chi connectivity index (χ2v) is 5.70. The van der Waals surface area contributed by atoms with E-state index in [1.54, 1.807) is 0 Å². The molecule has 100 valence electrons. The predicted octanol–water partition coefficient (Wildman–Crippen LogP) is 1.99. The molecule has 0 aliphatic rings. The molecule has 5 heteroatoms. The summed E-state index contributed by atoms with van der Waals surface area (Å²) in [6, 6.07) is 5.96. The number of anilines is 1. The maximum absolute atomic E-state index is 11.6. The summed E-state index contributed by atoms with van der Waals surface area (Å²) in [6.07, 6.45) is 0. The fourth-order valence-electron chi connectivity index (χ4n) is 1.75. The molecule has 1 amide bonds. The lowest BCUT2D eigenvalue weighted by atomic mass is 10.2. The number of carbonyl (C=O) groups is 1. The van der Waals surface area contributed by atoms with Crippen LogP contribution in [-0.4, -0.2) is 30.4 Å². The quantitative estimate of drug-likeness (QED) is 0.817. The van der Waals surface area contributed by atoms with Crippen molar-refractivity contribution in [1.82, 2.24) is 10.2 Å². The van der Waals surface area contributed by atoms with E-state index in [4.69, 9.17) is 5.73 Å². The van der Waals surface area contributed by atoms with Gasteiger partial charge in [-0.2, -0.15) is 0 Å². The van der Waals surface area contributed by atoms with Crippen molar-refractivity contribution in [3.63, 3.8) is 0 Å². The standard InChI is InChI=1S/C13H20BrN3O/c1-9(2)16-13(18)8-17(3)7-10-4-11(14)6-12(15)5-10/h4-6,9H,7-8,15H2,1-3H3,(H,16,18). The van der Waals surface area contributed by atoms with Crippen molar-refractivity contribution < 1.29 is 4.79 Å². The minimum Gasteiger partial charge on any atom is -0.399 e. The topological polar surface area (TPSA) is 58.4 Å². The van der Waals surface area contributed by atoms with Crippen LogP contribution in [0.15, 0.2) is 22.7 Å². The first kappa shape index (κ1) is 15.0. The van der Waals surface area contributed by atoms with Gasteiger partial charge in [-0.1, -0.05) is 15.9 Å². The van der Waals surface area contributed by atoms with Crippen LogP contribution >= 0.6 is 15.9 Å². The first-order chi connectivity index (χ1) is 8.36. The second-order valence-electron chi connectivity index (χ2n) is 4.79.